The van der Waals surface area contributed by atoms with E-state index in [0.29, 0.717) is 13.1 Å². The average molecular weight is 382 g/mol. The number of hydrogen-bond acceptors (Lipinski definition) is 3. The van der Waals surface area contributed by atoms with E-state index in [1.807, 2.05) is 24.0 Å². The third-order valence-corrected chi connectivity index (χ3v) is 5.79. The minimum Gasteiger partial charge on any atom is -0.481 e. The summed E-state index contributed by atoms with van der Waals surface area (Å²) in [7, 11) is 0. The Bertz CT molecular complexity index is 829. The number of carbonyl (C=O) groups excluding carboxylic acids is 1. The molecule has 1 aliphatic heterocycles. The van der Waals surface area contributed by atoms with E-state index in [1.165, 1.54) is 36.1 Å². The molecule has 0 saturated carbocycles. The third-order valence-electron chi connectivity index (χ3n) is 5.79. The standard InChI is InChI=1S/C23H27FN2O2/c1-17(28-22-8-4-6-18-5-2-3-7-21(18)22)23(27)26-15-13-25(14-16-26)20-11-9-19(24)10-12-20/h4,6,8-12,17H,2-3,5,7,13-16H2,1H3/t17-/m0/s1. The summed E-state index contributed by atoms with van der Waals surface area (Å²) in [4.78, 5) is 16.9. The van der Waals surface area contributed by atoms with E-state index in [2.05, 4.69) is 11.0 Å². The summed E-state index contributed by atoms with van der Waals surface area (Å²) in [5.74, 6) is 0.668. The molecule has 0 N–H and O–H groups in total. The van der Waals surface area contributed by atoms with Crippen molar-refractivity contribution in [2.45, 2.75) is 38.7 Å². The fourth-order valence-electron chi connectivity index (χ4n) is 4.19. The number of amides is 1. The molecule has 0 aromatic heterocycles. The van der Waals surface area contributed by atoms with E-state index < -0.39 is 6.10 Å². The minimum absolute atomic E-state index is 0.0344. The van der Waals surface area contributed by atoms with Gasteiger partial charge in [0.2, 0.25) is 0 Å². The van der Waals surface area contributed by atoms with E-state index >= 15 is 0 Å². The highest BCUT2D eigenvalue weighted by Gasteiger charge is 2.27. The van der Waals surface area contributed by atoms with E-state index in [9.17, 15) is 9.18 Å². The van der Waals surface area contributed by atoms with Crippen LogP contribution in [0.1, 0.15) is 30.9 Å². The summed E-state index contributed by atoms with van der Waals surface area (Å²) in [6.07, 6.45) is 4.04. The van der Waals surface area contributed by atoms with Gasteiger partial charge in [0.05, 0.1) is 0 Å². The molecule has 4 rings (SSSR count). The van der Waals surface area contributed by atoms with Crippen LogP contribution in [-0.4, -0.2) is 43.1 Å². The number of fused-ring (bicyclic) bond motifs is 1. The van der Waals surface area contributed by atoms with Gasteiger partial charge in [0.1, 0.15) is 11.6 Å². The first kappa shape index (κ1) is 18.8. The van der Waals surface area contributed by atoms with E-state index in [4.69, 9.17) is 4.74 Å². The van der Waals surface area contributed by atoms with Crippen molar-refractivity contribution in [2.24, 2.45) is 0 Å². The average Bonchev–Trinajstić information content (AvgIpc) is 2.74. The maximum absolute atomic E-state index is 13.1. The first-order chi connectivity index (χ1) is 13.6. The highest BCUT2D eigenvalue weighted by atomic mass is 19.1. The predicted molar refractivity (Wildman–Crippen MR) is 108 cm³/mol. The van der Waals surface area contributed by atoms with Crippen LogP contribution in [0.4, 0.5) is 10.1 Å². The highest BCUT2D eigenvalue weighted by molar-refractivity contribution is 5.81. The van der Waals surface area contributed by atoms with Gasteiger partial charge in [0, 0.05) is 31.9 Å². The normalized spacial score (nSPS) is 17.8. The number of anilines is 1. The molecule has 148 valence electrons. The summed E-state index contributed by atoms with van der Waals surface area (Å²) in [5, 5.41) is 0. The zero-order chi connectivity index (χ0) is 19.5. The van der Waals surface area contributed by atoms with Gasteiger partial charge in [-0.3, -0.25) is 4.79 Å². The quantitative estimate of drug-likeness (QED) is 0.806. The Hall–Kier alpha value is -2.56. The Morgan fingerprint density at radius 3 is 2.46 bits per heavy atom. The summed E-state index contributed by atoms with van der Waals surface area (Å²) in [6, 6.07) is 12.7. The number of carbonyl (C=O) groups is 1. The fraction of sp³-hybridized carbons (Fsp3) is 0.435. The summed E-state index contributed by atoms with van der Waals surface area (Å²) in [5.41, 5.74) is 3.62. The molecule has 2 aromatic carbocycles. The van der Waals surface area contributed by atoms with Crippen molar-refractivity contribution in [1.82, 2.24) is 4.90 Å². The second-order valence-electron chi connectivity index (χ2n) is 7.65. The summed E-state index contributed by atoms with van der Waals surface area (Å²) >= 11 is 0. The number of piperazine rings is 1. The van der Waals surface area contributed by atoms with Gasteiger partial charge >= 0.3 is 0 Å². The first-order valence-electron chi connectivity index (χ1n) is 10.2. The van der Waals surface area contributed by atoms with Gasteiger partial charge < -0.3 is 14.5 Å². The lowest BCUT2D eigenvalue weighted by molar-refractivity contribution is -0.138. The van der Waals surface area contributed by atoms with Crippen LogP contribution < -0.4 is 9.64 Å². The molecule has 0 unspecified atom stereocenters. The molecule has 0 bridgehead atoms. The number of nitrogens with zero attached hydrogens (tertiary/aromatic N) is 2. The zero-order valence-electron chi connectivity index (χ0n) is 16.4. The van der Waals surface area contributed by atoms with Crippen LogP contribution in [-0.2, 0) is 17.6 Å². The van der Waals surface area contributed by atoms with Crippen molar-refractivity contribution in [2.75, 3.05) is 31.1 Å². The third kappa shape index (κ3) is 3.98. The Balaban J connectivity index is 1.36. The first-order valence-corrected chi connectivity index (χ1v) is 10.2. The lowest BCUT2D eigenvalue weighted by atomic mass is 9.91. The smallest absolute Gasteiger partial charge is 0.263 e. The van der Waals surface area contributed by atoms with Crippen LogP contribution in [0.3, 0.4) is 0 Å². The number of benzene rings is 2. The summed E-state index contributed by atoms with van der Waals surface area (Å²) < 4.78 is 19.2. The predicted octanol–water partition coefficient (Wildman–Crippen LogP) is 3.82. The number of hydrogen-bond donors (Lipinski definition) is 0. The van der Waals surface area contributed by atoms with Crippen LogP contribution in [0.25, 0.3) is 0 Å². The number of halogens is 1. The van der Waals surface area contributed by atoms with Gasteiger partial charge in [-0.2, -0.15) is 0 Å². The molecule has 1 saturated heterocycles. The van der Waals surface area contributed by atoms with Crippen molar-refractivity contribution in [3.8, 4) is 5.75 Å². The van der Waals surface area contributed by atoms with Crippen LogP contribution in [0.2, 0.25) is 0 Å². The maximum atomic E-state index is 13.1. The van der Waals surface area contributed by atoms with Gasteiger partial charge in [-0.15, -0.1) is 0 Å². The Morgan fingerprint density at radius 2 is 1.71 bits per heavy atom. The van der Waals surface area contributed by atoms with Crippen LogP contribution in [0.15, 0.2) is 42.5 Å². The summed E-state index contributed by atoms with van der Waals surface area (Å²) in [6.45, 7) is 4.63. The molecule has 1 aliphatic carbocycles. The molecule has 4 nitrogen and oxygen atoms in total. The highest BCUT2D eigenvalue weighted by Crippen LogP contribution is 2.30. The largest absolute Gasteiger partial charge is 0.481 e. The minimum atomic E-state index is -0.495. The van der Waals surface area contributed by atoms with Crippen molar-refractivity contribution in [1.29, 1.82) is 0 Å². The lowest BCUT2D eigenvalue weighted by Crippen LogP contribution is -2.52. The molecule has 1 heterocycles. The molecule has 28 heavy (non-hydrogen) atoms. The van der Waals surface area contributed by atoms with Crippen LogP contribution in [0.5, 0.6) is 5.75 Å². The second-order valence-corrected chi connectivity index (χ2v) is 7.65. The Morgan fingerprint density at radius 1 is 1.00 bits per heavy atom. The molecule has 0 spiro atoms. The maximum Gasteiger partial charge on any atom is 0.263 e. The number of aryl methyl sites for hydroxylation is 1. The van der Waals surface area contributed by atoms with Gasteiger partial charge in [-0.1, -0.05) is 12.1 Å². The molecule has 1 atom stereocenters. The second kappa shape index (κ2) is 8.21. The zero-order valence-corrected chi connectivity index (χ0v) is 16.4. The lowest BCUT2D eigenvalue weighted by Gasteiger charge is -2.37. The molecular formula is C23H27FN2O2. The Labute approximate surface area is 165 Å². The van der Waals surface area contributed by atoms with E-state index in [0.717, 1.165) is 37.4 Å². The molecule has 1 amide bonds. The SMILES string of the molecule is C[C@H](Oc1cccc2c1CCCC2)C(=O)N1CCN(c2ccc(F)cc2)CC1. The Kier molecular flexibility index (Phi) is 5.51. The topological polar surface area (TPSA) is 32.8 Å². The molecule has 2 aliphatic rings. The van der Waals surface area contributed by atoms with Crippen LogP contribution in [0, 0.1) is 5.82 Å². The van der Waals surface area contributed by atoms with Crippen molar-refractivity contribution in [3.63, 3.8) is 0 Å². The molecular weight excluding hydrogens is 355 g/mol. The van der Waals surface area contributed by atoms with Gasteiger partial charge in [0.15, 0.2) is 6.10 Å². The number of ether oxygens (including phenoxy) is 1. The number of rotatable bonds is 4. The van der Waals surface area contributed by atoms with Crippen LogP contribution >= 0.6 is 0 Å². The molecule has 0 radical (unpaired) electrons. The van der Waals surface area contributed by atoms with Crippen molar-refractivity contribution in [3.05, 3.63) is 59.4 Å². The van der Waals surface area contributed by atoms with Crippen molar-refractivity contribution < 1.29 is 13.9 Å². The van der Waals surface area contributed by atoms with Gasteiger partial charge in [0.25, 0.3) is 5.91 Å². The monoisotopic (exact) mass is 382 g/mol. The molecule has 5 heteroatoms. The molecule has 2 aromatic rings. The molecule has 1 fully saturated rings. The van der Waals surface area contributed by atoms with Gasteiger partial charge in [-0.25, -0.2) is 4.39 Å². The van der Waals surface area contributed by atoms with E-state index in [1.54, 1.807) is 12.1 Å². The van der Waals surface area contributed by atoms with E-state index in [-0.39, 0.29) is 11.7 Å². The van der Waals surface area contributed by atoms with Gasteiger partial charge in [-0.05, 0) is 74.1 Å². The fourth-order valence-corrected chi connectivity index (χ4v) is 4.19. The van der Waals surface area contributed by atoms with Crippen molar-refractivity contribution >= 4 is 11.6 Å².